The fraction of sp³-hybridized carbons (Fsp3) is 0.500. The second-order valence-corrected chi connectivity index (χ2v) is 8.59. The van der Waals surface area contributed by atoms with Gasteiger partial charge in [0.25, 0.3) is 5.91 Å². The van der Waals surface area contributed by atoms with Crippen LogP contribution in [0.4, 0.5) is 4.39 Å². The molecule has 1 amide bonds. The largest absolute Gasteiger partial charge is 0.481 e. The topological polar surface area (TPSA) is 75.4 Å². The van der Waals surface area contributed by atoms with Gasteiger partial charge in [-0.15, -0.1) is 0 Å². The van der Waals surface area contributed by atoms with Gasteiger partial charge in [-0.25, -0.2) is 9.07 Å². The Morgan fingerprint density at radius 3 is 2.66 bits per heavy atom. The van der Waals surface area contributed by atoms with E-state index in [1.807, 2.05) is 26.8 Å². The number of hydrogen-bond acceptors (Lipinski definition) is 3. The van der Waals surface area contributed by atoms with Crippen molar-refractivity contribution in [3.8, 4) is 5.69 Å². The number of aromatic nitrogens is 2. The van der Waals surface area contributed by atoms with E-state index >= 15 is 0 Å². The molecule has 2 heterocycles. The highest BCUT2D eigenvalue weighted by Crippen LogP contribution is 2.39. The van der Waals surface area contributed by atoms with E-state index in [2.05, 4.69) is 5.10 Å². The monoisotopic (exact) mass is 399 g/mol. The predicted molar refractivity (Wildman–Crippen MR) is 106 cm³/mol. The van der Waals surface area contributed by atoms with Crippen LogP contribution < -0.4 is 0 Å². The average molecular weight is 399 g/mol. The van der Waals surface area contributed by atoms with Gasteiger partial charge in [0.15, 0.2) is 5.69 Å². The molecular formula is C22H26FN3O3. The minimum Gasteiger partial charge on any atom is -0.481 e. The zero-order chi connectivity index (χ0) is 20.9. The van der Waals surface area contributed by atoms with Crippen molar-refractivity contribution < 1.29 is 19.1 Å². The molecule has 1 aromatic carbocycles. The van der Waals surface area contributed by atoms with Crippen molar-refractivity contribution in [2.75, 3.05) is 13.1 Å². The first-order chi connectivity index (χ1) is 13.7. The number of hydrogen-bond donors (Lipinski definition) is 1. The molecule has 4 rings (SSSR count). The third-order valence-electron chi connectivity index (χ3n) is 6.58. The lowest BCUT2D eigenvalue weighted by Gasteiger charge is -2.28. The summed E-state index contributed by atoms with van der Waals surface area (Å²) in [6.07, 6.45) is 2.80. The zero-order valence-corrected chi connectivity index (χ0v) is 17.0. The molecule has 6 nitrogen and oxygen atoms in total. The summed E-state index contributed by atoms with van der Waals surface area (Å²) in [4.78, 5) is 26.8. The first kappa shape index (κ1) is 19.6. The van der Waals surface area contributed by atoms with Crippen LogP contribution in [0.15, 0.2) is 18.2 Å². The Morgan fingerprint density at radius 2 is 2.03 bits per heavy atom. The minimum absolute atomic E-state index is 0.0808. The van der Waals surface area contributed by atoms with E-state index in [1.54, 1.807) is 15.6 Å². The van der Waals surface area contributed by atoms with Gasteiger partial charge in [0.1, 0.15) is 11.5 Å². The van der Waals surface area contributed by atoms with E-state index in [0.717, 1.165) is 36.1 Å². The highest BCUT2D eigenvalue weighted by molar-refractivity contribution is 5.95. The number of carbonyl (C=O) groups excluding carboxylic acids is 1. The van der Waals surface area contributed by atoms with Crippen LogP contribution in [-0.4, -0.2) is 44.8 Å². The van der Waals surface area contributed by atoms with Gasteiger partial charge in [0, 0.05) is 24.3 Å². The number of benzene rings is 1. The lowest BCUT2D eigenvalue weighted by molar-refractivity contribution is -0.150. The molecular weight excluding hydrogens is 373 g/mol. The van der Waals surface area contributed by atoms with Gasteiger partial charge in [-0.1, -0.05) is 19.9 Å². The smallest absolute Gasteiger partial charge is 0.311 e. The summed E-state index contributed by atoms with van der Waals surface area (Å²) < 4.78 is 16.1. The van der Waals surface area contributed by atoms with Crippen molar-refractivity contribution in [1.29, 1.82) is 0 Å². The molecule has 154 valence electrons. The number of nitrogens with zero attached hydrogens (tertiary/aromatic N) is 3. The van der Waals surface area contributed by atoms with Gasteiger partial charge < -0.3 is 10.0 Å². The number of likely N-dealkylation sites (tertiary alicyclic amines) is 1. The molecule has 1 atom stereocenters. The van der Waals surface area contributed by atoms with Crippen LogP contribution in [0.5, 0.6) is 0 Å². The Labute approximate surface area is 169 Å². The summed E-state index contributed by atoms with van der Waals surface area (Å²) in [7, 11) is 0. The molecule has 2 aromatic rings. The lowest BCUT2D eigenvalue weighted by Crippen LogP contribution is -2.40. The number of fused-ring (bicyclic) bond motifs is 1. The zero-order valence-electron chi connectivity index (χ0n) is 17.0. The van der Waals surface area contributed by atoms with Crippen molar-refractivity contribution in [3.05, 3.63) is 46.5 Å². The number of amides is 1. The molecule has 0 saturated carbocycles. The normalized spacial score (nSPS) is 21.1. The van der Waals surface area contributed by atoms with Crippen molar-refractivity contribution in [1.82, 2.24) is 14.7 Å². The molecule has 1 aromatic heterocycles. The molecule has 0 spiro atoms. The first-order valence-electron chi connectivity index (χ1n) is 10.1. The number of aliphatic carboxylic acids is 1. The van der Waals surface area contributed by atoms with Gasteiger partial charge in [0.05, 0.1) is 5.41 Å². The Kier molecular flexibility index (Phi) is 4.71. The van der Waals surface area contributed by atoms with Crippen LogP contribution in [0.3, 0.4) is 0 Å². The van der Waals surface area contributed by atoms with Crippen LogP contribution in [0.25, 0.3) is 5.69 Å². The van der Waals surface area contributed by atoms with Gasteiger partial charge in [0.2, 0.25) is 0 Å². The summed E-state index contributed by atoms with van der Waals surface area (Å²) in [5.41, 5.74) is 2.32. The molecule has 1 fully saturated rings. The summed E-state index contributed by atoms with van der Waals surface area (Å²) in [5, 5.41) is 14.3. The maximum Gasteiger partial charge on any atom is 0.311 e. The molecule has 0 radical (unpaired) electrons. The Bertz CT molecular complexity index is 997. The van der Waals surface area contributed by atoms with Crippen molar-refractivity contribution in [2.24, 2.45) is 11.3 Å². The molecule has 1 saturated heterocycles. The quantitative estimate of drug-likeness (QED) is 0.855. The van der Waals surface area contributed by atoms with E-state index in [4.69, 9.17) is 0 Å². The van der Waals surface area contributed by atoms with Crippen molar-refractivity contribution in [2.45, 2.75) is 46.5 Å². The molecule has 1 aliphatic carbocycles. The van der Waals surface area contributed by atoms with Crippen LogP contribution in [0, 0.1) is 24.1 Å². The van der Waals surface area contributed by atoms with Crippen molar-refractivity contribution in [3.63, 3.8) is 0 Å². The Hall–Kier alpha value is -2.70. The Morgan fingerprint density at radius 1 is 1.28 bits per heavy atom. The third kappa shape index (κ3) is 3.03. The van der Waals surface area contributed by atoms with Gasteiger partial charge in [-0.2, -0.15) is 5.10 Å². The SMILES string of the molecule is Cc1ccc(-n2nc(C(=O)N3CCC(C(=O)O)(C(C)C)C3)c3c2CCC3)c(F)c1. The highest BCUT2D eigenvalue weighted by Gasteiger charge is 2.49. The number of rotatable bonds is 4. The standard InChI is InChI=1S/C22H26FN3O3/c1-13(2)22(21(28)29)9-10-25(12-22)20(27)19-15-5-4-6-17(15)26(24-19)18-8-7-14(3)11-16(18)23/h7-8,11,13H,4-6,9-10,12H2,1-3H3,(H,28,29). The van der Waals surface area contributed by atoms with Crippen LogP contribution in [0.1, 0.15) is 54.0 Å². The van der Waals surface area contributed by atoms with Crippen LogP contribution >= 0.6 is 0 Å². The second-order valence-electron chi connectivity index (χ2n) is 8.59. The van der Waals surface area contributed by atoms with Gasteiger partial charge in [-0.3, -0.25) is 9.59 Å². The summed E-state index contributed by atoms with van der Waals surface area (Å²) in [5.74, 6) is -1.56. The van der Waals surface area contributed by atoms with E-state index in [0.29, 0.717) is 24.3 Å². The molecule has 7 heteroatoms. The third-order valence-corrected chi connectivity index (χ3v) is 6.58. The van der Waals surface area contributed by atoms with Gasteiger partial charge in [-0.05, 0) is 56.2 Å². The molecule has 1 aliphatic heterocycles. The average Bonchev–Trinajstić information content (AvgIpc) is 3.37. The second kappa shape index (κ2) is 6.97. The number of carboxylic acid groups (broad SMARTS) is 1. The molecule has 1 N–H and O–H groups in total. The van der Waals surface area contributed by atoms with E-state index in [9.17, 15) is 19.1 Å². The molecule has 2 aliphatic rings. The van der Waals surface area contributed by atoms with E-state index in [1.165, 1.54) is 6.07 Å². The number of halogens is 1. The van der Waals surface area contributed by atoms with Crippen LogP contribution in [0.2, 0.25) is 0 Å². The lowest BCUT2D eigenvalue weighted by atomic mass is 9.76. The van der Waals surface area contributed by atoms with E-state index in [-0.39, 0.29) is 24.2 Å². The maximum absolute atomic E-state index is 14.6. The molecule has 0 bridgehead atoms. The van der Waals surface area contributed by atoms with Crippen molar-refractivity contribution >= 4 is 11.9 Å². The van der Waals surface area contributed by atoms with E-state index < -0.39 is 11.4 Å². The fourth-order valence-corrected chi connectivity index (χ4v) is 4.64. The summed E-state index contributed by atoms with van der Waals surface area (Å²) in [6.45, 7) is 6.17. The Balaban J connectivity index is 1.70. The minimum atomic E-state index is -0.926. The molecule has 29 heavy (non-hydrogen) atoms. The van der Waals surface area contributed by atoms with Gasteiger partial charge >= 0.3 is 5.97 Å². The first-order valence-corrected chi connectivity index (χ1v) is 10.1. The molecule has 1 unspecified atom stereocenters. The highest BCUT2D eigenvalue weighted by atomic mass is 19.1. The summed E-state index contributed by atoms with van der Waals surface area (Å²) >= 11 is 0. The fourth-order valence-electron chi connectivity index (χ4n) is 4.64. The number of carbonyl (C=O) groups is 2. The number of carboxylic acids is 1. The predicted octanol–water partition coefficient (Wildman–Crippen LogP) is 3.38. The number of aryl methyl sites for hydroxylation is 1. The van der Waals surface area contributed by atoms with Crippen LogP contribution in [-0.2, 0) is 17.6 Å². The summed E-state index contributed by atoms with van der Waals surface area (Å²) in [6, 6.07) is 4.98. The maximum atomic E-state index is 14.6.